The van der Waals surface area contributed by atoms with E-state index in [1.54, 1.807) is 0 Å². The lowest BCUT2D eigenvalue weighted by atomic mass is 9.90. The summed E-state index contributed by atoms with van der Waals surface area (Å²) in [6.45, 7) is 5.77. The summed E-state index contributed by atoms with van der Waals surface area (Å²) in [5.41, 5.74) is 11.7. The number of benzene rings is 2. The van der Waals surface area contributed by atoms with Crippen LogP contribution in [0.25, 0.3) is 33.3 Å². The lowest BCUT2D eigenvalue weighted by Crippen LogP contribution is -2.45. The quantitative estimate of drug-likeness (QED) is 0.334. The molecule has 0 bridgehead atoms. The van der Waals surface area contributed by atoms with Gasteiger partial charge in [-0.3, -0.25) is 4.90 Å². The first-order valence-electron chi connectivity index (χ1n) is 13.7. The monoisotopic (exact) mass is 524 g/mol. The highest BCUT2D eigenvalue weighted by atomic mass is 16.5. The van der Waals surface area contributed by atoms with Gasteiger partial charge in [-0.05, 0) is 62.4 Å². The first-order chi connectivity index (χ1) is 19.1. The zero-order valence-corrected chi connectivity index (χ0v) is 22.0. The highest BCUT2D eigenvalue weighted by Crippen LogP contribution is 2.37. The molecule has 3 aromatic heterocycles. The van der Waals surface area contributed by atoms with Gasteiger partial charge in [0.1, 0.15) is 23.6 Å². The molecule has 0 unspecified atom stereocenters. The number of anilines is 1. The summed E-state index contributed by atoms with van der Waals surface area (Å²) in [6.07, 6.45) is 5.94. The van der Waals surface area contributed by atoms with Crippen LogP contribution in [-0.2, 0) is 4.74 Å². The van der Waals surface area contributed by atoms with Gasteiger partial charge in [-0.2, -0.15) is 10.1 Å². The largest absolute Gasteiger partial charge is 0.426 e. The number of nitrogens with two attached hydrogens (primary N) is 1. The standard InChI is InChI=1S/C29H32N8O2/c1-18-3-2-4-22(15-18)39-29-33-23-10-5-19(16-24(23)34-29)26-25-27(30)31-17-32-28(25)37(35-26)21-8-6-20(7-9-21)36-11-13-38-14-12-36/h2-5,10,15-17,20-21H,6-9,11-14H2,1H3,(H,33,34)(H2,30,31,32). The summed E-state index contributed by atoms with van der Waals surface area (Å²) in [4.78, 5) is 19.4. The van der Waals surface area contributed by atoms with Crippen LogP contribution in [0, 0.1) is 6.92 Å². The van der Waals surface area contributed by atoms with Gasteiger partial charge in [-0.15, -0.1) is 0 Å². The molecule has 7 rings (SSSR count). The van der Waals surface area contributed by atoms with Crippen LogP contribution in [0.3, 0.4) is 0 Å². The molecule has 200 valence electrons. The number of aromatic amines is 1. The maximum Gasteiger partial charge on any atom is 0.300 e. The molecule has 5 aromatic rings. The number of nitrogen functional groups attached to an aromatic ring is 1. The zero-order valence-electron chi connectivity index (χ0n) is 22.0. The third-order valence-corrected chi connectivity index (χ3v) is 8.03. The van der Waals surface area contributed by atoms with Crippen molar-refractivity contribution in [2.75, 3.05) is 32.0 Å². The van der Waals surface area contributed by atoms with Crippen molar-refractivity contribution in [3.05, 3.63) is 54.4 Å². The predicted molar refractivity (Wildman–Crippen MR) is 150 cm³/mol. The van der Waals surface area contributed by atoms with Crippen molar-refractivity contribution < 1.29 is 9.47 Å². The van der Waals surface area contributed by atoms with E-state index in [9.17, 15) is 0 Å². The molecule has 0 atom stereocenters. The number of nitrogens with zero attached hydrogens (tertiary/aromatic N) is 6. The summed E-state index contributed by atoms with van der Waals surface area (Å²) in [5, 5.41) is 5.90. The fourth-order valence-corrected chi connectivity index (χ4v) is 6.03. The van der Waals surface area contributed by atoms with Crippen LogP contribution in [0.1, 0.15) is 37.3 Å². The molecule has 2 aliphatic rings. The summed E-state index contributed by atoms with van der Waals surface area (Å²) < 4.78 is 13.6. The molecule has 1 aliphatic carbocycles. The minimum Gasteiger partial charge on any atom is -0.426 e. The van der Waals surface area contributed by atoms with Crippen LogP contribution in [0.15, 0.2) is 48.8 Å². The molecule has 1 saturated heterocycles. The first-order valence-corrected chi connectivity index (χ1v) is 13.7. The van der Waals surface area contributed by atoms with Crippen LogP contribution in [-0.4, -0.2) is 67.0 Å². The number of rotatable bonds is 5. The number of H-pyrrole nitrogens is 1. The lowest BCUT2D eigenvalue weighted by molar-refractivity contribution is 0.00520. The Morgan fingerprint density at radius 3 is 2.64 bits per heavy atom. The Hall–Kier alpha value is -4.02. The van der Waals surface area contributed by atoms with Gasteiger partial charge in [0.2, 0.25) is 0 Å². The van der Waals surface area contributed by atoms with E-state index < -0.39 is 0 Å². The van der Waals surface area contributed by atoms with Gasteiger partial charge in [-0.1, -0.05) is 18.2 Å². The minimum atomic E-state index is 0.276. The van der Waals surface area contributed by atoms with E-state index >= 15 is 0 Å². The van der Waals surface area contributed by atoms with E-state index in [1.165, 1.54) is 6.33 Å². The van der Waals surface area contributed by atoms with Crippen LogP contribution in [0.2, 0.25) is 0 Å². The Morgan fingerprint density at radius 1 is 1.00 bits per heavy atom. The van der Waals surface area contributed by atoms with Gasteiger partial charge in [0, 0.05) is 24.7 Å². The van der Waals surface area contributed by atoms with Crippen LogP contribution >= 0.6 is 0 Å². The smallest absolute Gasteiger partial charge is 0.300 e. The van der Waals surface area contributed by atoms with Gasteiger partial charge in [-0.25, -0.2) is 14.6 Å². The first kappa shape index (κ1) is 24.1. The van der Waals surface area contributed by atoms with Crippen molar-refractivity contribution in [2.45, 2.75) is 44.7 Å². The topological polar surface area (TPSA) is 120 Å². The second-order valence-corrected chi connectivity index (χ2v) is 10.6. The Labute approximate surface area is 226 Å². The molecule has 39 heavy (non-hydrogen) atoms. The minimum absolute atomic E-state index is 0.276. The second kappa shape index (κ2) is 9.94. The number of hydrogen-bond acceptors (Lipinski definition) is 8. The number of aromatic nitrogens is 6. The highest BCUT2D eigenvalue weighted by molar-refractivity contribution is 5.99. The van der Waals surface area contributed by atoms with E-state index in [4.69, 9.17) is 20.3 Å². The van der Waals surface area contributed by atoms with E-state index in [-0.39, 0.29) is 6.04 Å². The van der Waals surface area contributed by atoms with Crippen molar-refractivity contribution in [1.29, 1.82) is 0 Å². The van der Waals surface area contributed by atoms with Crippen molar-refractivity contribution in [3.8, 4) is 23.0 Å². The average Bonchev–Trinajstić information content (AvgIpc) is 3.55. The third-order valence-electron chi connectivity index (χ3n) is 8.03. The molecule has 1 aliphatic heterocycles. The van der Waals surface area contributed by atoms with E-state index in [1.807, 2.05) is 49.4 Å². The second-order valence-electron chi connectivity index (χ2n) is 10.6. The van der Waals surface area contributed by atoms with E-state index in [0.29, 0.717) is 17.9 Å². The van der Waals surface area contributed by atoms with Crippen molar-refractivity contribution in [2.24, 2.45) is 0 Å². The SMILES string of the molecule is Cc1cccc(Oc2nc3ccc(-c4nn(C5CCC(N6CCOCC6)CC5)c5ncnc(N)c45)cc3[nH]2)c1. The molecular formula is C29H32N8O2. The van der Waals surface area contributed by atoms with Gasteiger partial charge in [0.05, 0.1) is 35.7 Å². The molecule has 0 spiro atoms. The number of morpholine rings is 1. The van der Waals surface area contributed by atoms with Crippen molar-refractivity contribution in [1.82, 2.24) is 34.6 Å². The zero-order chi connectivity index (χ0) is 26.3. The third kappa shape index (κ3) is 4.59. The van der Waals surface area contributed by atoms with Gasteiger partial charge in [0.15, 0.2) is 5.65 Å². The molecule has 10 heteroatoms. The van der Waals surface area contributed by atoms with E-state index in [2.05, 4.69) is 29.5 Å². The maximum atomic E-state index is 6.41. The Bertz CT molecular complexity index is 1630. The Balaban J connectivity index is 1.19. The molecule has 10 nitrogen and oxygen atoms in total. The number of aryl methyl sites for hydroxylation is 1. The van der Waals surface area contributed by atoms with Crippen LogP contribution in [0.5, 0.6) is 11.8 Å². The van der Waals surface area contributed by atoms with Crippen LogP contribution in [0.4, 0.5) is 5.82 Å². The summed E-state index contributed by atoms with van der Waals surface area (Å²) in [7, 11) is 0. The number of hydrogen-bond donors (Lipinski definition) is 2. The summed E-state index contributed by atoms with van der Waals surface area (Å²) in [5.74, 6) is 1.18. The summed E-state index contributed by atoms with van der Waals surface area (Å²) in [6, 6.07) is 15.3. The molecule has 3 N–H and O–H groups in total. The number of fused-ring (bicyclic) bond motifs is 2. The molecule has 0 radical (unpaired) electrons. The van der Waals surface area contributed by atoms with Gasteiger partial charge >= 0.3 is 0 Å². The Morgan fingerprint density at radius 2 is 1.82 bits per heavy atom. The molecule has 2 aromatic carbocycles. The lowest BCUT2D eigenvalue weighted by Gasteiger charge is -2.38. The van der Waals surface area contributed by atoms with Crippen molar-refractivity contribution in [3.63, 3.8) is 0 Å². The van der Waals surface area contributed by atoms with Gasteiger partial charge < -0.3 is 20.2 Å². The Kier molecular flexibility index (Phi) is 6.13. The molecule has 4 heterocycles. The predicted octanol–water partition coefficient (Wildman–Crippen LogP) is 4.87. The average molecular weight is 525 g/mol. The number of ether oxygens (including phenoxy) is 2. The molecule has 2 fully saturated rings. The van der Waals surface area contributed by atoms with Crippen LogP contribution < -0.4 is 10.5 Å². The van der Waals surface area contributed by atoms with E-state index in [0.717, 1.165) is 96.6 Å². The molecular weight excluding hydrogens is 492 g/mol. The summed E-state index contributed by atoms with van der Waals surface area (Å²) >= 11 is 0. The molecule has 0 amide bonds. The number of imidazole rings is 1. The fraction of sp³-hybridized carbons (Fsp3) is 0.379. The normalized spacial score (nSPS) is 20.5. The van der Waals surface area contributed by atoms with Gasteiger partial charge in [0.25, 0.3) is 6.01 Å². The fourth-order valence-electron chi connectivity index (χ4n) is 6.03. The van der Waals surface area contributed by atoms with Crippen molar-refractivity contribution >= 4 is 27.9 Å². The maximum absolute atomic E-state index is 6.41. The molecule has 1 saturated carbocycles. The number of nitrogens with one attached hydrogen (secondary N) is 1. The highest BCUT2D eigenvalue weighted by Gasteiger charge is 2.30.